The number of anilines is 1. The largest absolute Gasteiger partial charge is 0.416 e. The lowest BCUT2D eigenvalue weighted by Gasteiger charge is -2.22. The van der Waals surface area contributed by atoms with E-state index in [1.54, 1.807) is 0 Å². The molecule has 0 saturated carbocycles. The molecule has 0 radical (unpaired) electrons. The molecule has 0 bridgehead atoms. The van der Waals surface area contributed by atoms with Gasteiger partial charge >= 0.3 is 6.18 Å². The van der Waals surface area contributed by atoms with Crippen molar-refractivity contribution in [2.45, 2.75) is 38.3 Å². The average molecular weight is 422 g/mol. The number of halogens is 3. The van der Waals surface area contributed by atoms with Gasteiger partial charge in [0.2, 0.25) is 0 Å². The van der Waals surface area contributed by atoms with Gasteiger partial charge < -0.3 is 14.8 Å². The van der Waals surface area contributed by atoms with E-state index in [1.807, 2.05) is 18.2 Å². The van der Waals surface area contributed by atoms with Crippen LogP contribution in [0.15, 0.2) is 42.5 Å². The molecule has 0 aliphatic carbocycles. The van der Waals surface area contributed by atoms with Crippen molar-refractivity contribution in [1.29, 1.82) is 0 Å². The summed E-state index contributed by atoms with van der Waals surface area (Å²) >= 11 is 1.34. The van der Waals surface area contributed by atoms with Gasteiger partial charge in [-0.2, -0.15) is 13.2 Å². The number of nitrogens with zero attached hydrogens (tertiary/aromatic N) is 1. The van der Waals surface area contributed by atoms with E-state index in [1.165, 1.54) is 17.4 Å². The van der Waals surface area contributed by atoms with Crippen molar-refractivity contribution in [2.24, 2.45) is 0 Å². The molecule has 1 aliphatic heterocycles. The van der Waals surface area contributed by atoms with Gasteiger partial charge in [0.25, 0.3) is 0 Å². The Kier molecular flexibility index (Phi) is 6.03. The molecule has 0 amide bonds. The zero-order valence-electron chi connectivity index (χ0n) is 15.7. The first-order valence-electron chi connectivity index (χ1n) is 9.46. The Labute approximate surface area is 170 Å². The molecule has 8 heteroatoms. The first-order valence-corrected chi connectivity index (χ1v) is 10.3. The van der Waals surface area contributed by atoms with Crippen LogP contribution < -0.4 is 5.32 Å². The van der Waals surface area contributed by atoms with Crippen LogP contribution in [0.4, 0.5) is 18.3 Å². The van der Waals surface area contributed by atoms with E-state index in [0.29, 0.717) is 23.8 Å². The van der Waals surface area contributed by atoms with Gasteiger partial charge in [-0.25, -0.2) is 4.98 Å². The number of hydrogen-bond donors (Lipinski definition) is 1. The molecular weight excluding hydrogens is 401 g/mol. The minimum Gasteiger partial charge on any atom is -0.381 e. The molecule has 4 rings (SSSR count). The van der Waals surface area contributed by atoms with E-state index in [4.69, 9.17) is 9.47 Å². The summed E-state index contributed by atoms with van der Waals surface area (Å²) in [6, 6.07) is 11.7. The van der Waals surface area contributed by atoms with E-state index in [2.05, 4.69) is 16.4 Å². The first-order chi connectivity index (χ1) is 14.0. The molecule has 4 nitrogen and oxygen atoms in total. The molecule has 1 N–H and O–H groups in total. The summed E-state index contributed by atoms with van der Waals surface area (Å²) in [6.45, 7) is 2.60. The van der Waals surface area contributed by atoms with Crippen LogP contribution in [0.5, 0.6) is 0 Å². The molecule has 1 aromatic heterocycles. The zero-order chi connectivity index (χ0) is 20.3. The highest BCUT2D eigenvalue weighted by Crippen LogP contribution is 2.34. The van der Waals surface area contributed by atoms with Crippen molar-refractivity contribution in [2.75, 3.05) is 18.5 Å². The Bertz CT molecular complexity index is 968. The monoisotopic (exact) mass is 422 g/mol. The van der Waals surface area contributed by atoms with Gasteiger partial charge in [0.15, 0.2) is 5.13 Å². The van der Waals surface area contributed by atoms with Gasteiger partial charge in [0, 0.05) is 19.8 Å². The Morgan fingerprint density at radius 1 is 1.10 bits per heavy atom. The van der Waals surface area contributed by atoms with Crippen LogP contribution in [0.3, 0.4) is 0 Å². The number of aromatic nitrogens is 1. The van der Waals surface area contributed by atoms with E-state index in [9.17, 15) is 13.2 Å². The normalized spacial score (nSPS) is 15.7. The Hall–Kier alpha value is -2.16. The number of benzene rings is 2. The number of nitrogens with one attached hydrogen (secondary N) is 1. The van der Waals surface area contributed by atoms with Gasteiger partial charge in [0.05, 0.1) is 28.5 Å². The number of hydrogen-bond acceptors (Lipinski definition) is 5. The summed E-state index contributed by atoms with van der Waals surface area (Å²) in [7, 11) is 0. The highest BCUT2D eigenvalue weighted by molar-refractivity contribution is 7.22. The summed E-state index contributed by atoms with van der Waals surface area (Å²) < 4.78 is 50.6. The molecule has 154 valence electrons. The molecule has 0 unspecified atom stereocenters. The molecule has 2 aromatic carbocycles. The van der Waals surface area contributed by atoms with Crippen molar-refractivity contribution in [3.8, 4) is 0 Å². The van der Waals surface area contributed by atoms with Crippen molar-refractivity contribution >= 4 is 26.7 Å². The van der Waals surface area contributed by atoms with Gasteiger partial charge in [-0.15, -0.1) is 0 Å². The lowest BCUT2D eigenvalue weighted by atomic mass is 10.1. The van der Waals surface area contributed by atoms with E-state index in [0.717, 1.165) is 54.0 Å². The minimum absolute atomic E-state index is 0.245. The summed E-state index contributed by atoms with van der Waals surface area (Å²) in [5, 5.41) is 3.81. The number of ether oxygens (including phenoxy) is 2. The summed E-state index contributed by atoms with van der Waals surface area (Å²) in [5.41, 5.74) is 1.83. The zero-order valence-corrected chi connectivity index (χ0v) is 16.5. The second-order valence-corrected chi connectivity index (χ2v) is 8.03. The fourth-order valence-electron chi connectivity index (χ4n) is 3.24. The number of rotatable bonds is 6. The highest BCUT2D eigenvalue weighted by Gasteiger charge is 2.30. The molecule has 2 heterocycles. The second kappa shape index (κ2) is 8.69. The molecule has 1 aliphatic rings. The van der Waals surface area contributed by atoms with Crippen LogP contribution in [0.2, 0.25) is 0 Å². The number of thiazole rings is 1. The topological polar surface area (TPSA) is 43.4 Å². The second-order valence-electron chi connectivity index (χ2n) is 7.00. The standard InChI is InChI=1S/C21H21F3N2O2S/c22-21(23,24)16-4-5-19-18(11-16)26-20(29-19)25-12-14-2-1-3-15(10-14)13-28-17-6-8-27-9-7-17/h1-5,10-11,17H,6-9,12-13H2,(H,25,26). The van der Waals surface area contributed by atoms with E-state index >= 15 is 0 Å². The predicted molar refractivity (Wildman–Crippen MR) is 107 cm³/mol. The van der Waals surface area contributed by atoms with Crippen molar-refractivity contribution in [1.82, 2.24) is 4.98 Å². The first kappa shape index (κ1) is 20.1. The van der Waals surface area contributed by atoms with Crippen molar-refractivity contribution < 1.29 is 22.6 Å². The third-order valence-corrected chi connectivity index (χ3v) is 5.80. The van der Waals surface area contributed by atoms with E-state index in [-0.39, 0.29) is 6.10 Å². The van der Waals surface area contributed by atoms with Crippen LogP contribution >= 0.6 is 11.3 Å². The van der Waals surface area contributed by atoms with Crippen LogP contribution in [0.25, 0.3) is 10.2 Å². The van der Waals surface area contributed by atoms with Gasteiger partial charge in [-0.3, -0.25) is 0 Å². The van der Waals surface area contributed by atoms with Gasteiger partial charge in [-0.1, -0.05) is 35.6 Å². The Morgan fingerprint density at radius 2 is 1.90 bits per heavy atom. The van der Waals surface area contributed by atoms with Crippen LogP contribution in [0.1, 0.15) is 29.5 Å². The molecule has 1 saturated heterocycles. The molecule has 29 heavy (non-hydrogen) atoms. The lowest BCUT2D eigenvalue weighted by molar-refractivity contribution is -0.137. The number of alkyl halides is 3. The highest BCUT2D eigenvalue weighted by atomic mass is 32.1. The SMILES string of the molecule is FC(F)(F)c1ccc2sc(NCc3cccc(COC4CCOCC4)c3)nc2c1. The smallest absolute Gasteiger partial charge is 0.381 e. The molecule has 3 aromatic rings. The fraction of sp³-hybridized carbons (Fsp3) is 0.381. The molecule has 0 spiro atoms. The quantitative estimate of drug-likeness (QED) is 0.560. The summed E-state index contributed by atoms with van der Waals surface area (Å²) in [6.07, 6.45) is -2.27. The number of fused-ring (bicyclic) bond motifs is 1. The fourth-order valence-corrected chi connectivity index (χ4v) is 4.08. The minimum atomic E-state index is -4.36. The van der Waals surface area contributed by atoms with Crippen molar-refractivity contribution in [3.05, 3.63) is 59.2 Å². The van der Waals surface area contributed by atoms with Gasteiger partial charge in [0.1, 0.15) is 0 Å². The average Bonchev–Trinajstić information content (AvgIpc) is 3.13. The summed E-state index contributed by atoms with van der Waals surface area (Å²) in [4.78, 5) is 4.29. The lowest BCUT2D eigenvalue weighted by Crippen LogP contribution is -2.23. The van der Waals surface area contributed by atoms with Gasteiger partial charge in [-0.05, 0) is 42.2 Å². The summed E-state index contributed by atoms with van der Waals surface area (Å²) in [5.74, 6) is 0. The third kappa shape index (κ3) is 5.26. The molecular formula is C21H21F3N2O2S. The maximum Gasteiger partial charge on any atom is 0.416 e. The predicted octanol–water partition coefficient (Wildman–Crippen LogP) is 5.62. The van der Waals surface area contributed by atoms with Crippen LogP contribution in [-0.4, -0.2) is 24.3 Å². The molecule has 1 fully saturated rings. The van der Waals surface area contributed by atoms with Crippen molar-refractivity contribution in [3.63, 3.8) is 0 Å². The third-order valence-electron chi connectivity index (χ3n) is 4.80. The maximum absolute atomic E-state index is 12.9. The van der Waals surface area contributed by atoms with Crippen LogP contribution in [0, 0.1) is 0 Å². The Morgan fingerprint density at radius 3 is 2.69 bits per heavy atom. The van der Waals surface area contributed by atoms with Crippen LogP contribution in [-0.2, 0) is 28.8 Å². The molecule has 0 atom stereocenters. The van der Waals surface area contributed by atoms with E-state index < -0.39 is 11.7 Å². The Balaban J connectivity index is 1.37. The maximum atomic E-state index is 12.9.